The summed E-state index contributed by atoms with van der Waals surface area (Å²) in [5.41, 5.74) is 1.84. The molecule has 1 aromatic heterocycles. The SMILES string of the molecule is CC(C)Cn1c(CCC(=O)O)nc2cc(Cl)ccc21. The smallest absolute Gasteiger partial charge is 0.303 e. The molecule has 0 aliphatic rings. The lowest BCUT2D eigenvalue weighted by Gasteiger charge is -2.11. The molecule has 0 atom stereocenters. The largest absolute Gasteiger partial charge is 0.481 e. The van der Waals surface area contributed by atoms with Gasteiger partial charge in [0.2, 0.25) is 0 Å². The van der Waals surface area contributed by atoms with E-state index in [0.717, 1.165) is 23.4 Å². The van der Waals surface area contributed by atoms with Gasteiger partial charge in [-0.2, -0.15) is 0 Å². The first-order valence-electron chi connectivity index (χ1n) is 6.34. The van der Waals surface area contributed by atoms with Gasteiger partial charge in [-0.05, 0) is 24.1 Å². The first kappa shape index (κ1) is 13.9. The molecule has 2 aromatic rings. The number of aromatic nitrogens is 2. The lowest BCUT2D eigenvalue weighted by molar-refractivity contribution is -0.137. The number of carboxylic acids is 1. The van der Waals surface area contributed by atoms with Gasteiger partial charge in [0.15, 0.2) is 0 Å². The number of aliphatic carboxylic acids is 1. The number of hydrogen-bond acceptors (Lipinski definition) is 2. The van der Waals surface area contributed by atoms with Crippen LogP contribution in [0, 0.1) is 5.92 Å². The van der Waals surface area contributed by atoms with Crippen molar-refractivity contribution in [3.8, 4) is 0 Å². The van der Waals surface area contributed by atoms with Crippen molar-refractivity contribution in [1.82, 2.24) is 9.55 Å². The topological polar surface area (TPSA) is 55.1 Å². The van der Waals surface area contributed by atoms with Gasteiger partial charge in [-0.15, -0.1) is 0 Å². The van der Waals surface area contributed by atoms with Crippen molar-refractivity contribution in [2.75, 3.05) is 0 Å². The van der Waals surface area contributed by atoms with Crippen LogP contribution in [0.1, 0.15) is 26.1 Å². The summed E-state index contributed by atoms with van der Waals surface area (Å²) in [4.78, 5) is 15.2. The van der Waals surface area contributed by atoms with Crippen molar-refractivity contribution in [3.63, 3.8) is 0 Å². The summed E-state index contributed by atoms with van der Waals surface area (Å²) in [7, 11) is 0. The predicted molar refractivity (Wildman–Crippen MR) is 75.5 cm³/mol. The number of carboxylic acid groups (broad SMARTS) is 1. The van der Waals surface area contributed by atoms with Crippen molar-refractivity contribution < 1.29 is 9.90 Å². The van der Waals surface area contributed by atoms with Gasteiger partial charge in [-0.25, -0.2) is 4.98 Å². The number of hydrogen-bond donors (Lipinski definition) is 1. The maximum absolute atomic E-state index is 10.7. The summed E-state index contributed by atoms with van der Waals surface area (Å²) in [5.74, 6) is 0.478. The molecule has 19 heavy (non-hydrogen) atoms. The maximum atomic E-state index is 10.7. The van der Waals surface area contributed by atoms with E-state index in [2.05, 4.69) is 23.4 Å². The zero-order valence-corrected chi connectivity index (χ0v) is 11.8. The molecule has 0 fully saturated rings. The fourth-order valence-corrected chi connectivity index (χ4v) is 2.30. The van der Waals surface area contributed by atoms with Gasteiger partial charge in [-0.1, -0.05) is 25.4 Å². The van der Waals surface area contributed by atoms with Crippen LogP contribution in [-0.4, -0.2) is 20.6 Å². The minimum atomic E-state index is -0.804. The summed E-state index contributed by atoms with van der Waals surface area (Å²) >= 11 is 5.97. The molecule has 1 N–H and O–H groups in total. The van der Waals surface area contributed by atoms with E-state index in [9.17, 15) is 4.79 Å². The molecule has 4 nitrogen and oxygen atoms in total. The predicted octanol–water partition coefficient (Wildman–Crippen LogP) is 3.36. The van der Waals surface area contributed by atoms with Crippen LogP contribution in [0.15, 0.2) is 18.2 Å². The minimum absolute atomic E-state index is 0.0924. The Morgan fingerprint density at radius 1 is 1.47 bits per heavy atom. The lowest BCUT2D eigenvalue weighted by Crippen LogP contribution is -2.10. The number of halogens is 1. The zero-order valence-electron chi connectivity index (χ0n) is 11.1. The molecule has 0 bridgehead atoms. The standard InChI is InChI=1S/C14H17ClN2O2/c1-9(2)8-17-12-4-3-10(15)7-11(12)16-13(17)5-6-14(18)19/h3-4,7,9H,5-6,8H2,1-2H3,(H,18,19). The normalized spacial score (nSPS) is 11.4. The number of carbonyl (C=O) groups is 1. The molecular formula is C14H17ClN2O2. The van der Waals surface area contributed by atoms with Gasteiger partial charge in [0.25, 0.3) is 0 Å². The van der Waals surface area contributed by atoms with E-state index in [0.29, 0.717) is 17.4 Å². The Kier molecular flexibility index (Phi) is 4.10. The molecule has 0 saturated heterocycles. The van der Waals surface area contributed by atoms with E-state index in [4.69, 9.17) is 16.7 Å². The van der Waals surface area contributed by atoms with E-state index in [1.54, 1.807) is 0 Å². The first-order chi connectivity index (χ1) is 8.97. The zero-order chi connectivity index (χ0) is 14.0. The monoisotopic (exact) mass is 280 g/mol. The average Bonchev–Trinajstić information content (AvgIpc) is 2.63. The third-order valence-corrected chi connectivity index (χ3v) is 3.13. The van der Waals surface area contributed by atoms with Crippen molar-refractivity contribution in [1.29, 1.82) is 0 Å². The molecule has 1 aromatic carbocycles. The van der Waals surface area contributed by atoms with E-state index in [1.807, 2.05) is 18.2 Å². The highest BCUT2D eigenvalue weighted by Crippen LogP contribution is 2.22. The number of aryl methyl sites for hydroxylation is 1. The van der Waals surface area contributed by atoms with Crippen molar-refractivity contribution in [2.24, 2.45) is 5.92 Å². The van der Waals surface area contributed by atoms with Crippen molar-refractivity contribution in [2.45, 2.75) is 33.2 Å². The van der Waals surface area contributed by atoms with E-state index >= 15 is 0 Å². The second kappa shape index (κ2) is 5.61. The molecule has 5 heteroatoms. The van der Waals surface area contributed by atoms with Gasteiger partial charge in [0, 0.05) is 18.0 Å². The van der Waals surface area contributed by atoms with Crippen LogP contribution in [0.2, 0.25) is 5.02 Å². The molecular weight excluding hydrogens is 264 g/mol. The number of nitrogens with zero attached hydrogens (tertiary/aromatic N) is 2. The molecule has 1 heterocycles. The molecule has 0 radical (unpaired) electrons. The van der Waals surface area contributed by atoms with Crippen molar-refractivity contribution in [3.05, 3.63) is 29.0 Å². The number of benzene rings is 1. The van der Waals surface area contributed by atoms with Gasteiger partial charge in [0.05, 0.1) is 17.5 Å². The average molecular weight is 281 g/mol. The highest BCUT2D eigenvalue weighted by Gasteiger charge is 2.13. The van der Waals surface area contributed by atoms with Crippen LogP contribution in [0.5, 0.6) is 0 Å². The number of fused-ring (bicyclic) bond motifs is 1. The molecule has 102 valence electrons. The summed E-state index contributed by atoms with van der Waals surface area (Å²) < 4.78 is 2.10. The quantitative estimate of drug-likeness (QED) is 0.914. The number of imidazole rings is 1. The van der Waals surface area contributed by atoms with E-state index in [1.165, 1.54) is 0 Å². The molecule has 0 saturated carbocycles. The highest BCUT2D eigenvalue weighted by molar-refractivity contribution is 6.31. The molecule has 0 aliphatic carbocycles. The minimum Gasteiger partial charge on any atom is -0.481 e. The molecule has 0 unspecified atom stereocenters. The third-order valence-electron chi connectivity index (χ3n) is 2.90. The fraction of sp³-hybridized carbons (Fsp3) is 0.429. The summed E-state index contributed by atoms with van der Waals surface area (Å²) in [6.07, 6.45) is 0.531. The number of rotatable bonds is 5. The molecule has 0 amide bonds. The molecule has 0 aliphatic heterocycles. The Bertz CT molecular complexity index is 605. The summed E-state index contributed by atoms with van der Waals surface area (Å²) in [6.45, 7) is 5.08. The van der Waals surface area contributed by atoms with Crippen molar-refractivity contribution >= 4 is 28.6 Å². The Hall–Kier alpha value is -1.55. The first-order valence-corrected chi connectivity index (χ1v) is 6.71. The second-order valence-corrected chi connectivity index (χ2v) is 5.50. The lowest BCUT2D eigenvalue weighted by atomic mass is 10.2. The van der Waals surface area contributed by atoms with Crippen LogP contribution in [0.3, 0.4) is 0 Å². The van der Waals surface area contributed by atoms with Crippen LogP contribution in [0.4, 0.5) is 0 Å². The van der Waals surface area contributed by atoms with Gasteiger partial charge < -0.3 is 9.67 Å². The third kappa shape index (κ3) is 3.26. The Morgan fingerprint density at radius 2 is 2.21 bits per heavy atom. The Balaban J connectivity index is 2.44. The van der Waals surface area contributed by atoms with E-state index in [-0.39, 0.29) is 6.42 Å². The van der Waals surface area contributed by atoms with Crippen LogP contribution >= 0.6 is 11.6 Å². The van der Waals surface area contributed by atoms with Gasteiger partial charge in [0.1, 0.15) is 5.82 Å². The van der Waals surface area contributed by atoms with Gasteiger partial charge in [-0.3, -0.25) is 4.79 Å². The second-order valence-electron chi connectivity index (χ2n) is 5.06. The highest BCUT2D eigenvalue weighted by atomic mass is 35.5. The van der Waals surface area contributed by atoms with Gasteiger partial charge >= 0.3 is 5.97 Å². The van der Waals surface area contributed by atoms with Crippen LogP contribution in [-0.2, 0) is 17.8 Å². The van der Waals surface area contributed by atoms with Crippen LogP contribution in [0.25, 0.3) is 11.0 Å². The van der Waals surface area contributed by atoms with E-state index < -0.39 is 5.97 Å². The summed E-state index contributed by atoms with van der Waals surface area (Å²) in [5, 5.41) is 9.45. The van der Waals surface area contributed by atoms with Crippen LogP contribution < -0.4 is 0 Å². The molecule has 0 spiro atoms. The Labute approximate surface area is 117 Å². The Morgan fingerprint density at radius 3 is 2.84 bits per heavy atom. The maximum Gasteiger partial charge on any atom is 0.303 e. The summed E-state index contributed by atoms with van der Waals surface area (Å²) in [6, 6.07) is 5.60. The fourth-order valence-electron chi connectivity index (χ4n) is 2.13. The molecule has 2 rings (SSSR count).